The third-order valence-electron chi connectivity index (χ3n) is 3.39. The van der Waals surface area contributed by atoms with Gasteiger partial charge >= 0.3 is 5.97 Å². The minimum atomic E-state index is -0.917. The molecule has 0 atom stereocenters. The highest BCUT2D eigenvalue weighted by molar-refractivity contribution is 9.10. The van der Waals surface area contributed by atoms with Crippen LogP contribution in [0.15, 0.2) is 39.4 Å². The van der Waals surface area contributed by atoms with E-state index in [0.717, 1.165) is 16.5 Å². The van der Waals surface area contributed by atoms with E-state index in [0.29, 0.717) is 22.8 Å². The second kappa shape index (κ2) is 4.85. The van der Waals surface area contributed by atoms with Crippen LogP contribution in [0, 0.1) is 5.92 Å². The molecule has 19 heavy (non-hydrogen) atoms. The third kappa shape index (κ3) is 2.59. The zero-order valence-corrected chi connectivity index (χ0v) is 11.8. The van der Waals surface area contributed by atoms with E-state index < -0.39 is 5.97 Å². The van der Waals surface area contributed by atoms with Gasteiger partial charge in [-0.25, -0.2) is 4.79 Å². The van der Waals surface area contributed by atoms with Crippen molar-refractivity contribution in [3.05, 3.63) is 46.3 Å². The number of carboxylic acid groups (broad SMARTS) is 1. The molecule has 0 radical (unpaired) electrons. The number of aromatic carboxylic acids is 1. The first-order chi connectivity index (χ1) is 9.15. The lowest BCUT2D eigenvalue weighted by Gasteiger charge is -2.02. The summed E-state index contributed by atoms with van der Waals surface area (Å²) in [5.41, 5.74) is 1.83. The molecule has 0 aliphatic heterocycles. The van der Waals surface area contributed by atoms with E-state index in [2.05, 4.69) is 15.9 Å². The maximum absolute atomic E-state index is 11.5. The molecule has 1 aliphatic rings. The van der Waals surface area contributed by atoms with E-state index in [9.17, 15) is 9.90 Å². The molecule has 2 aromatic rings. The van der Waals surface area contributed by atoms with Crippen molar-refractivity contribution in [2.45, 2.75) is 19.3 Å². The summed E-state index contributed by atoms with van der Waals surface area (Å²) < 4.78 is 6.43. The largest absolute Gasteiger partial charge is 0.478 e. The van der Waals surface area contributed by atoms with Crippen LogP contribution < -0.4 is 0 Å². The van der Waals surface area contributed by atoms with Crippen molar-refractivity contribution in [3.63, 3.8) is 0 Å². The number of halogens is 1. The van der Waals surface area contributed by atoms with Crippen LogP contribution in [0.2, 0.25) is 0 Å². The molecular formula is C15H13BrO3. The molecule has 1 aromatic heterocycles. The smallest absolute Gasteiger partial charge is 0.339 e. The summed E-state index contributed by atoms with van der Waals surface area (Å²) in [7, 11) is 0. The van der Waals surface area contributed by atoms with Crippen LogP contribution in [0.4, 0.5) is 0 Å². The first-order valence-corrected chi connectivity index (χ1v) is 7.04. The summed E-state index contributed by atoms with van der Waals surface area (Å²) in [6, 6.07) is 7.59. The molecule has 1 N–H and O–H groups in total. The molecule has 0 spiro atoms. The van der Waals surface area contributed by atoms with E-state index >= 15 is 0 Å². The van der Waals surface area contributed by atoms with Crippen molar-refractivity contribution in [1.29, 1.82) is 0 Å². The molecule has 1 saturated carbocycles. The van der Waals surface area contributed by atoms with Gasteiger partial charge in [0.1, 0.15) is 11.3 Å². The highest BCUT2D eigenvalue weighted by Gasteiger charge is 2.28. The quantitative estimate of drug-likeness (QED) is 0.910. The second-order valence-corrected chi connectivity index (χ2v) is 5.83. The van der Waals surface area contributed by atoms with Crippen molar-refractivity contribution >= 4 is 21.9 Å². The first-order valence-electron chi connectivity index (χ1n) is 6.24. The maximum atomic E-state index is 11.5. The monoisotopic (exact) mass is 320 g/mol. The third-order valence-corrected chi connectivity index (χ3v) is 3.88. The number of carboxylic acids is 1. The van der Waals surface area contributed by atoms with E-state index in [1.54, 1.807) is 6.26 Å². The molecule has 3 rings (SSSR count). The number of carbonyl (C=O) groups is 1. The Labute approximate surface area is 119 Å². The van der Waals surface area contributed by atoms with Crippen molar-refractivity contribution in [2.24, 2.45) is 5.92 Å². The highest BCUT2D eigenvalue weighted by Crippen LogP contribution is 2.37. The predicted molar refractivity (Wildman–Crippen MR) is 75.2 cm³/mol. The topological polar surface area (TPSA) is 50.4 Å². The van der Waals surface area contributed by atoms with E-state index in [-0.39, 0.29) is 0 Å². The van der Waals surface area contributed by atoms with E-state index in [4.69, 9.17) is 4.42 Å². The summed E-state index contributed by atoms with van der Waals surface area (Å²) in [5, 5.41) is 9.43. The van der Waals surface area contributed by atoms with Gasteiger partial charge in [0, 0.05) is 16.5 Å². The van der Waals surface area contributed by atoms with E-state index in [1.807, 2.05) is 24.3 Å². The molecule has 0 saturated heterocycles. The van der Waals surface area contributed by atoms with Gasteiger partial charge in [0.25, 0.3) is 0 Å². The highest BCUT2D eigenvalue weighted by atomic mass is 79.9. The van der Waals surface area contributed by atoms with Gasteiger partial charge < -0.3 is 9.52 Å². The van der Waals surface area contributed by atoms with Gasteiger partial charge in [-0.1, -0.05) is 28.1 Å². The van der Waals surface area contributed by atoms with Crippen molar-refractivity contribution in [2.75, 3.05) is 0 Å². The Balaban J connectivity index is 2.05. The average molecular weight is 321 g/mol. The lowest BCUT2D eigenvalue weighted by atomic mass is 10.0. The number of hydrogen-bond acceptors (Lipinski definition) is 2. The fourth-order valence-electron chi connectivity index (χ4n) is 2.24. The van der Waals surface area contributed by atoms with Gasteiger partial charge in [-0.2, -0.15) is 0 Å². The molecule has 3 nitrogen and oxygen atoms in total. The van der Waals surface area contributed by atoms with Crippen LogP contribution in [0.1, 0.15) is 29.0 Å². The lowest BCUT2D eigenvalue weighted by molar-refractivity contribution is 0.0695. The number of benzene rings is 1. The molecule has 98 valence electrons. The Morgan fingerprint density at radius 2 is 2.21 bits per heavy atom. The maximum Gasteiger partial charge on any atom is 0.339 e. The molecule has 4 heteroatoms. The normalized spacial score (nSPS) is 14.6. The zero-order valence-electron chi connectivity index (χ0n) is 10.2. The number of furan rings is 1. The van der Waals surface area contributed by atoms with Crippen LogP contribution in [-0.4, -0.2) is 11.1 Å². The standard InChI is InChI=1S/C15H13BrO3/c16-11-3-1-2-10(7-11)12-8-19-13(6-9-4-5-9)14(12)15(17)18/h1-3,7-9H,4-6H2,(H,17,18). The fourth-order valence-corrected chi connectivity index (χ4v) is 2.63. The summed E-state index contributed by atoms with van der Waals surface area (Å²) in [6.45, 7) is 0. The van der Waals surface area contributed by atoms with Crippen molar-refractivity contribution in [3.8, 4) is 11.1 Å². The molecule has 0 unspecified atom stereocenters. The molecule has 1 heterocycles. The fraction of sp³-hybridized carbons (Fsp3) is 0.267. The van der Waals surface area contributed by atoms with Gasteiger partial charge in [0.2, 0.25) is 0 Å². The lowest BCUT2D eigenvalue weighted by Crippen LogP contribution is -2.02. The number of hydrogen-bond donors (Lipinski definition) is 1. The van der Waals surface area contributed by atoms with Gasteiger partial charge in [-0.05, 0) is 36.5 Å². The SMILES string of the molecule is O=C(O)c1c(-c2cccc(Br)c2)coc1CC1CC1. The average Bonchev–Trinajstić information content (AvgIpc) is 3.06. The first kappa shape index (κ1) is 12.5. The summed E-state index contributed by atoms with van der Waals surface area (Å²) in [4.78, 5) is 11.5. The molecule has 1 aliphatic carbocycles. The van der Waals surface area contributed by atoms with Crippen molar-refractivity contribution in [1.82, 2.24) is 0 Å². The minimum absolute atomic E-state index is 0.310. The van der Waals surface area contributed by atoms with E-state index in [1.165, 1.54) is 12.8 Å². The van der Waals surface area contributed by atoms with Gasteiger partial charge in [-0.3, -0.25) is 0 Å². The van der Waals surface area contributed by atoms with Crippen LogP contribution in [-0.2, 0) is 6.42 Å². The Hall–Kier alpha value is -1.55. The van der Waals surface area contributed by atoms with Crippen LogP contribution in [0.5, 0.6) is 0 Å². The molecule has 1 fully saturated rings. The van der Waals surface area contributed by atoms with Gasteiger partial charge in [0.15, 0.2) is 0 Å². The van der Waals surface area contributed by atoms with Crippen LogP contribution >= 0.6 is 15.9 Å². The Morgan fingerprint density at radius 1 is 1.42 bits per heavy atom. The Morgan fingerprint density at radius 3 is 2.84 bits per heavy atom. The molecule has 1 aromatic carbocycles. The summed E-state index contributed by atoms with van der Waals surface area (Å²) >= 11 is 3.40. The van der Waals surface area contributed by atoms with Crippen molar-refractivity contribution < 1.29 is 14.3 Å². The zero-order chi connectivity index (χ0) is 13.4. The number of rotatable bonds is 4. The Bertz CT molecular complexity index is 626. The summed E-state index contributed by atoms with van der Waals surface area (Å²) in [5.74, 6) is 0.281. The van der Waals surface area contributed by atoms with Crippen LogP contribution in [0.25, 0.3) is 11.1 Å². The molecule has 0 amide bonds. The van der Waals surface area contributed by atoms with Gasteiger partial charge in [0.05, 0.1) is 6.26 Å². The molecule has 0 bridgehead atoms. The summed E-state index contributed by atoms with van der Waals surface area (Å²) in [6.07, 6.45) is 4.64. The van der Waals surface area contributed by atoms with Gasteiger partial charge in [-0.15, -0.1) is 0 Å². The van der Waals surface area contributed by atoms with Crippen LogP contribution in [0.3, 0.4) is 0 Å². The minimum Gasteiger partial charge on any atom is -0.478 e. The second-order valence-electron chi connectivity index (χ2n) is 4.91. The molecular weight excluding hydrogens is 308 g/mol. The Kier molecular flexibility index (Phi) is 3.19. The predicted octanol–water partition coefficient (Wildman–Crippen LogP) is 4.36.